The topological polar surface area (TPSA) is 31.5 Å². The van der Waals surface area contributed by atoms with E-state index in [4.69, 9.17) is 9.47 Å². The van der Waals surface area contributed by atoms with E-state index in [0.717, 1.165) is 13.2 Å². The zero-order chi connectivity index (χ0) is 17.5. The summed E-state index contributed by atoms with van der Waals surface area (Å²) in [6.07, 6.45) is 3.86. The monoisotopic (exact) mass is 366 g/mol. The first-order chi connectivity index (χ1) is 12.7. The quantitative estimate of drug-likeness (QED) is 0.511. The molecule has 6 nitrogen and oxygen atoms in total. The largest absolute Gasteiger partial charge is 0.372 e. The average molecular weight is 367 g/mol. The van der Waals surface area contributed by atoms with Crippen molar-refractivity contribution in [3.8, 4) is 0 Å². The maximum atomic E-state index is 5.45. The fraction of sp³-hybridized carbons (Fsp3) is 1.00. The van der Waals surface area contributed by atoms with Crippen LogP contribution in [0.5, 0.6) is 0 Å². The Morgan fingerprint density at radius 2 is 1.00 bits per heavy atom. The van der Waals surface area contributed by atoms with Crippen molar-refractivity contribution in [2.75, 3.05) is 105 Å². The molecule has 0 bridgehead atoms. The van der Waals surface area contributed by atoms with Gasteiger partial charge in [-0.2, -0.15) is 0 Å². The predicted molar refractivity (Wildman–Crippen MR) is 101 cm³/mol. The highest BCUT2D eigenvalue weighted by atomic mass is 16.6. The van der Waals surface area contributed by atoms with E-state index in [1.165, 1.54) is 113 Å². The molecule has 26 heavy (non-hydrogen) atoms. The molecule has 5 aliphatic heterocycles. The number of hydrogen-bond acceptors (Lipinski definition) is 4. The van der Waals surface area contributed by atoms with Crippen LogP contribution in [-0.2, 0) is 9.47 Å². The Kier molecular flexibility index (Phi) is 5.01. The first kappa shape index (κ1) is 17.8. The van der Waals surface area contributed by atoms with E-state index < -0.39 is 0 Å². The molecule has 0 aliphatic carbocycles. The second-order valence-electron chi connectivity index (χ2n) is 9.69. The molecule has 0 amide bonds. The van der Waals surface area contributed by atoms with Crippen LogP contribution in [0.3, 0.4) is 0 Å². The minimum atomic E-state index is 0.554. The summed E-state index contributed by atoms with van der Waals surface area (Å²) in [6.45, 7) is 20.7. The molecule has 0 radical (unpaired) electrons. The van der Waals surface area contributed by atoms with Gasteiger partial charge in [-0.25, -0.2) is 0 Å². The van der Waals surface area contributed by atoms with Crippen LogP contribution < -0.4 is 0 Å². The second kappa shape index (κ2) is 7.30. The van der Waals surface area contributed by atoms with Crippen molar-refractivity contribution in [1.82, 2.24) is 9.80 Å². The van der Waals surface area contributed by atoms with Crippen molar-refractivity contribution in [2.45, 2.75) is 25.0 Å². The lowest BCUT2D eigenvalue weighted by molar-refractivity contribution is -1.03. The normalized spacial score (nSPS) is 44.8. The van der Waals surface area contributed by atoms with Gasteiger partial charge in [0, 0.05) is 52.1 Å². The van der Waals surface area contributed by atoms with E-state index in [-0.39, 0.29) is 0 Å². The first-order valence-electron chi connectivity index (χ1n) is 11.1. The number of epoxide rings is 2. The number of rotatable bonds is 4. The van der Waals surface area contributed by atoms with Crippen molar-refractivity contribution in [1.29, 1.82) is 0 Å². The summed E-state index contributed by atoms with van der Waals surface area (Å²) in [4.78, 5) is 5.35. The second-order valence-corrected chi connectivity index (χ2v) is 9.69. The minimum Gasteiger partial charge on any atom is -0.372 e. The Morgan fingerprint density at radius 3 is 1.38 bits per heavy atom. The van der Waals surface area contributed by atoms with E-state index in [0.29, 0.717) is 12.2 Å². The molecule has 5 saturated heterocycles. The molecular formula is C20H38N4O2+2. The van der Waals surface area contributed by atoms with Crippen molar-refractivity contribution in [3.63, 3.8) is 0 Å². The molecule has 2 spiro atoms. The Hall–Kier alpha value is -0.240. The van der Waals surface area contributed by atoms with Gasteiger partial charge in [0.15, 0.2) is 0 Å². The van der Waals surface area contributed by atoms with Gasteiger partial charge < -0.3 is 18.4 Å². The van der Waals surface area contributed by atoms with Crippen LogP contribution in [0.1, 0.15) is 12.8 Å². The van der Waals surface area contributed by atoms with Crippen LogP contribution in [0, 0.1) is 0 Å². The molecule has 6 heteroatoms. The van der Waals surface area contributed by atoms with E-state index in [2.05, 4.69) is 9.80 Å². The highest BCUT2D eigenvalue weighted by Gasteiger charge is 2.44. The SMILES string of the molecule is C1CN(CC2CO2)CC[N+]2(C1)CC[N+]1(CCCN(CC3CO3)CC1)CC2. The third kappa shape index (κ3) is 4.26. The van der Waals surface area contributed by atoms with Crippen molar-refractivity contribution in [3.05, 3.63) is 0 Å². The van der Waals surface area contributed by atoms with E-state index in [9.17, 15) is 0 Å². The van der Waals surface area contributed by atoms with E-state index >= 15 is 0 Å². The van der Waals surface area contributed by atoms with Gasteiger partial charge in [0.25, 0.3) is 0 Å². The van der Waals surface area contributed by atoms with Crippen LogP contribution in [-0.4, -0.2) is 136 Å². The van der Waals surface area contributed by atoms with Gasteiger partial charge in [0.1, 0.15) is 26.2 Å². The molecule has 0 saturated carbocycles. The zero-order valence-corrected chi connectivity index (χ0v) is 16.5. The van der Waals surface area contributed by atoms with Crippen molar-refractivity contribution < 1.29 is 18.4 Å². The predicted octanol–water partition coefficient (Wildman–Crippen LogP) is -0.157. The molecule has 0 N–H and O–H groups in total. The smallest absolute Gasteiger partial charge is 0.129 e. The van der Waals surface area contributed by atoms with Gasteiger partial charge in [-0.3, -0.25) is 9.80 Å². The van der Waals surface area contributed by atoms with Gasteiger partial charge >= 0.3 is 0 Å². The Bertz CT molecular complexity index is 442. The van der Waals surface area contributed by atoms with Crippen LogP contribution >= 0.6 is 0 Å². The average Bonchev–Trinajstić information content (AvgIpc) is 3.52. The lowest BCUT2D eigenvalue weighted by Crippen LogP contribution is -2.68. The fourth-order valence-electron chi connectivity index (χ4n) is 5.67. The van der Waals surface area contributed by atoms with Crippen molar-refractivity contribution in [2.24, 2.45) is 0 Å². The Balaban J connectivity index is 1.13. The third-order valence-electron chi connectivity index (χ3n) is 7.82. The number of nitrogens with zero attached hydrogens (tertiary/aromatic N) is 4. The number of quaternary nitrogens is 2. The Morgan fingerprint density at radius 1 is 0.577 bits per heavy atom. The third-order valence-corrected chi connectivity index (χ3v) is 7.82. The van der Waals surface area contributed by atoms with Crippen LogP contribution in [0.15, 0.2) is 0 Å². The van der Waals surface area contributed by atoms with Gasteiger partial charge in [0.05, 0.1) is 51.6 Å². The molecule has 0 aromatic heterocycles. The summed E-state index contributed by atoms with van der Waals surface area (Å²) in [7, 11) is 0. The molecule has 0 aromatic rings. The van der Waals surface area contributed by atoms with Gasteiger partial charge in [-0.1, -0.05) is 0 Å². The molecular weight excluding hydrogens is 328 g/mol. The minimum absolute atomic E-state index is 0.554. The maximum Gasteiger partial charge on any atom is 0.129 e. The summed E-state index contributed by atoms with van der Waals surface area (Å²) >= 11 is 0. The van der Waals surface area contributed by atoms with Crippen LogP contribution in [0.25, 0.3) is 0 Å². The molecule has 5 heterocycles. The number of piperazine rings is 1. The first-order valence-corrected chi connectivity index (χ1v) is 11.1. The standard InChI is InChI=1S/C20H38N4O2/c1-3-21(15-19-17-25-19)5-9-23(7-1)11-13-24(14-12-23)8-2-4-22(6-10-24)16-20-18-26-20/h19-20H,1-18H2/q+2. The van der Waals surface area contributed by atoms with Crippen LogP contribution in [0.4, 0.5) is 0 Å². The summed E-state index contributed by atoms with van der Waals surface area (Å²) in [5.41, 5.74) is 0. The highest BCUT2D eigenvalue weighted by molar-refractivity contribution is 4.77. The van der Waals surface area contributed by atoms with Gasteiger partial charge in [0.2, 0.25) is 0 Å². The molecule has 5 fully saturated rings. The summed E-state index contributed by atoms with van der Waals surface area (Å²) in [5.74, 6) is 0. The van der Waals surface area contributed by atoms with Crippen molar-refractivity contribution >= 4 is 0 Å². The molecule has 2 atom stereocenters. The lowest BCUT2D eigenvalue weighted by Gasteiger charge is -2.49. The number of ether oxygens (including phenoxy) is 2. The maximum absolute atomic E-state index is 5.45. The summed E-state index contributed by atoms with van der Waals surface area (Å²) in [5, 5.41) is 0. The molecule has 148 valence electrons. The number of hydrogen-bond donors (Lipinski definition) is 0. The van der Waals surface area contributed by atoms with E-state index in [1.807, 2.05) is 0 Å². The van der Waals surface area contributed by atoms with E-state index in [1.54, 1.807) is 0 Å². The molecule has 5 aliphatic rings. The van der Waals surface area contributed by atoms with Crippen LogP contribution in [0.2, 0.25) is 0 Å². The summed E-state index contributed by atoms with van der Waals surface area (Å²) in [6, 6.07) is 0. The Labute approximate surface area is 158 Å². The summed E-state index contributed by atoms with van der Waals surface area (Å²) < 4.78 is 13.7. The fourth-order valence-corrected chi connectivity index (χ4v) is 5.67. The molecule has 0 aromatic carbocycles. The lowest BCUT2D eigenvalue weighted by atomic mass is 10.1. The molecule has 2 unspecified atom stereocenters. The highest BCUT2D eigenvalue weighted by Crippen LogP contribution is 2.25. The molecule has 5 rings (SSSR count). The zero-order valence-electron chi connectivity index (χ0n) is 16.5. The van der Waals surface area contributed by atoms with Gasteiger partial charge in [-0.15, -0.1) is 0 Å². The van der Waals surface area contributed by atoms with Gasteiger partial charge in [-0.05, 0) is 0 Å².